The van der Waals surface area contributed by atoms with Crippen LogP contribution in [0.5, 0.6) is 5.75 Å². The Bertz CT molecular complexity index is 414. The smallest absolute Gasteiger partial charge is 0.335 e. The summed E-state index contributed by atoms with van der Waals surface area (Å²) >= 11 is 0. The fraction of sp³-hybridized carbons (Fsp3) is 0.462. The van der Waals surface area contributed by atoms with Crippen molar-refractivity contribution in [2.45, 2.75) is 25.9 Å². The molecule has 0 fully saturated rings. The summed E-state index contributed by atoms with van der Waals surface area (Å²) in [6, 6.07) is 5.79. The quantitative estimate of drug-likeness (QED) is 0.795. The number of aliphatic hydroxyl groups excluding tert-OH is 1. The topological polar surface area (TPSA) is 55.8 Å². The first-order valence-corrected chi connectivity index (χ1v) is 5.80. The van der Waals surface area contributed by atoms with Gasteiger partial charge in [-0.1, -0.05) is 18.2 Å². The van der Waals surface area contributed by atoms with Gasteiger partial charge in [-0.25, -0.2) is 4.79 Å². The van der Waals surface area contributed by atoms with E-state index in [2.05, 4.69) is 0 Å². The highest BCUT2D eigenvalue weighted by atomic mass is 16.5. The lowest BCUT2D eigenvalue weighted by atomic mass is 10.0. The summed E-state index contributed by atoms with van der Waals surface area (Å²) < 4.78 is 10.3. The average molecular weight is 236 g/mol. The second kappa shape index (κ2) is 5.19. The summed E-state index contributed by atoms with van der Waals surface area (Å²) in [5.74, 6) is 0.235. The van der Waals surface area contributed by atoms with Gasteiger partial charge in [-0.15, -0.1) is 0 Å². The van der Waals surface area contributed by atoms with Crippen molar-refractivity contribution in [3.8, 4) is 5.75 Å². The van der Waals surface area contributed by atoms with Gasteiger partial charge in [0.1, 0.15) is 5.75 Å². The maximum atomic E-state index is 11.3. The summed E-state index contributed by atoms with van der Waals surface area (Å²) in [4.78, 5) is 11.3. The van der Waals surface area contributed by atoms with Crippen molar-refractivity contribution < 1.29 is 19.4 Å². The molecule has 1 atom stereocenters. The van der Waals surface area contributed by atoms with Crippen molar-refractivity contribution in [1.29, 1.82) is 0 Å². The van der Waals surface area contributed by atoms with Gasteiger partial charge in [-0.2, -0.15) is 0 Å². The molecule has 0 radical (unpaired) electrons. The Kier molecular flexibility index (Phi) is 3.64. The minimum absolute atomic E-state index is 0.238. The predicted octanol–water partition coefficient (Wildman–Crippen LogP) is 1.09. The maximum Gasteiger partial charge on any atom is 0.335 e. The van der Waals surface area contributed by atoms with E-state index in [0.717, 1.165) is 23.3 Å². The van der Waals surface area contributed by atoms with Gasteiger partial charge in [0.15, 0.2) is 6.10 Å². The Balaban J connectivity index is 2.09. The molecule has 0 aliphatic carbocycles. The molecule has 0 saturated carbocycles. The zero-order chi connectivity index (χ0) is 12.3. The highest BCUT2D eigenvalue weighted by Crippen LogP contribution is 2.30. The first kappa shape index (κ1) is 11.9. The molecule has 1 aliphatic heterocycles. The third kappa shape index (κ3) is 2.58. The molecule has 0 spiro atoms. The van der Waals surface area contributed by atoms with Crippen LogP contribution in [0.4, 0.5) is 0 Å². The highest BCUT2D eigenvalue weighted by Gasteiger charge is 2.22. The molecular weight excluding hydrogens is 220 g/mol. The molecule has 1 aliphatic rings. The molecule has 1 N–H and O–H groups in total. The highest BCUT2D eigenvalue weighted by molar-refractivity contribution is 5.75. The van der Waals surface area contributed by atoms with Crippen LogP contribution >= 0.6 is 0 Å². The first-order valence-electron chi connectivity index (χ1n) is 5.80. The zero-order valence-corrected chi connectivity index (χ0v) is 9.81. The molecule has 1 aromatic carbocycles. The number of aliphatic hydroxyl groups is 1. The molecule has 0 amide bonds. The van der Waals surface area contributed by atoms with Crippen molar-refractivity contribution in [3.05, 3.63) is 29.3 Å². The van der Waals surface area contributed by atoms with Crippen LogP contribution in [0.25, 0.3) is 0 Å². The second-order valence-electron chi connectivity index (χ2n) is 3.98. The Morgan fingerprint density at radius 2 is 2.41 bits per heavy atom. The SMILES string of the molecule is CCOC(=O)[C@H](O)Cc1cccc2c1OCC2. The molecule has 1 heterocycles. The van der Waals surface area contributed by atoms with Gasteiger partial charge in [-0.3, -0.25) is 0 Å². The minimum atomic E-state index is -1.12. The zero-order valence-electron chi connectivity index (χ0n) is 9.81. The number of hydrogen-bond donors (Lipinski definition) is 1. The summed E-state index contributed by atoms with van der Waals surface area (Å²) in [7, 11) is 0. The summed E-state index contributed by atoms with van der Waals surface area (Å²) in [5.41, 5.74) is 2.00. The summed E-state index contributed by atoms with van der Waals surface area (Å²) in [6.07, 6.45) is 0.00591. The van der Waals surface area contributed by atoms with E-state index in [4.69, 9.17) is 9.47 Å². The lowest BCUT2D eigenvalue weighted by Gasteiger charge is -2.12. The molecule has 0 unspecified atom stereocenters. The third-order valence-corrected chi connectivity index (χ3v) is 2.77. The molecule has 92 valence electrons. The van der Waals surface area contributed by atoms with E-state index in [1.807, 2.05) is 18.2 Å². The van der Waals surface area contributed by atoms with Crippen LogP contribution in [-0.4, -0.2) is 30.4 Å². The molecule has 0 bridgehead atoms. The van der Waals surface area contributed by atoms with Crippen LogP contribution in [0, 0.1) is 0 Å². The second-order valence-corrected chi connectivity index (χ2v) is 3.98. The van der Waals surface area contributed by atoms with Crippen LogP contribution in [0.15, 0.2) is 18.2 Å². The normalized spacial score (nSPS) is 14.9. The summed E-state index contributed by atoms with van der Waals surface area (Å²) in [6.45, 7) is 2.66. The van der Waals surface area contributed by atoms with Crippen molar-refractivity contribution in [2.75, 3.05) is 13.2 Å². The molecule has 17 heavy (non-hydrogen) atoms. The van der Waals surface area contributed by atoms with Gasteiger partial charge in [0, 0.05) is 12.8 Å². The van der Waals surface area contributed by atoms with Crippen LogP contribution < -0.4 is 4.74 Å². The molecule has 0 saturated heterocycles. The van der Waals surface area contributed by atoms with E-state index < -0.39 is 12.1 Å². The Morgan fingerprint density at radius 3 is 3.18 bits per heavy atom. The van der Waals surface area contributed by atoms with E-state index in [-0.39, 0.29) is 13.0 Å². The van der Waals surface area contributed by atoms with Crippen LogP contribution in [-0.2, 0) is 22.4 Å². The Labute approximate surface area is 100 Å². The van der Waals surface area contributed by atoms with Crippen LogP contribution in [0.3, 0.4) is 0 Å². The Morgan fingerprint density at radius 1 is 1.59 bits per heavy atom. The van der Waals surface area contributed by atoms with Gasteiger partial charge in [0.05, 0.1) is 13.2 Å². The lowest BCUT2D eigenvalue weighted by molar-refractivity contribution is -0.152. The van der Waals surface area contributed by atoms with E-state index in [1.165, 1.54) is 0 Å². The van der Waals surface area contributed by atoms with Crippen molar-refractivity contribution in [2.24, 2.45) is 0 Å². The lowest BCUT2D eigenvalue weighted by Crippen LogP contribution is -2.25. The van der Waals surface area contributed by atoms with Gasteiger partial charge >= 0.3 is 5.97 Å². The Hall–Kier alpha value is -1.55. The molecule has 4 nitrogen and oxygen atoms in total. The number of fused-ring (bicyclic) bond motifs is 1. The van der Waals surface area contributed by atoms with E-state index in [1.54, 1.807) is 6.92 Å². The van der Waals surface area contributed by atoms with Crippen molar-refractivity contribution in [1.82, 2.24) is 0 Å². The monoisotopic (exact) mass is 236 g/mol. The molecule has 1 aromatic rings. The number of benzene rings is 1. The van der Waals surface area contributed by atoms with Gasteiger partial charge in [0.2, 0.25) is 0 Å². The summed E-state index contributed by atoms with van der Waals surface area (Å²) in [5, 5.41) is 9.70. The minimum Gasteiger partial charge on any atom is -0.493 e. The van der Waals surface area contributed by atoms with Crippen molar-refractivity contribution in [3.63, 3.8) is 0 Å². The number of esters is 1. The first-order chi connectivity index (χ1) is 8.22. The third-order valence-electron chi connectivity index (χ3n) is 2.77. The molecule has 2 rings (SSSR count). The van der Waals surface area contributed by atoms with Gasteiger partial charge in [0.25, 0.3) is 0 Å². The van der Waals surface area contributed by atoms with E-state index in [9.17, 15) is 9.90 Å². The number of carbonyl (C=O) groups excluding carboxylic acids is 1. The number of ether oxygens (including phenoxy) is 2. The maximum absolute atomic E-state index is 11.3. The number of para-hydroxylation sites is 1. The molecular formula is C13H16O4. The number of rotatable bonds is 4. The standard InChI is InChI=1S/C13H16O4/c1-2-16-13(15)11(14)8-10-5-3-4-9-6-7-17-12(9)10/h3-5,11,14H,2,6-8H2,1H3/t11-/m1/s1. The van der Waals surface area contributed by atoms with Crippen LogP contribution in [0.2, 0.25) is 0 Å². The molecule has 0 aromatic heterocycles. The van der Waals surface area contributed by atoms with Gasteiger partial charge < -0.3 is 14.6 Å². The van der Waals surface area contributed by atoms with E-state index >= 15 is 0 Å². The predicted molar refractivity (Wildman–Crippen MR) is 62.0 cm³/mol. The average Bonchev–Trinajstić information content (AvgIpc) is 2.78. The molecule has 4 heteroatoms. The van der Waals surface area contributed by atoms with Crippen LogP contribution in [0.1, 0.15) is 18.1 Å². The van der Waals surface area contributed by atoms with Crippen molar-refractivity contribution >= 4 is 5.97 Å². The fourth-order valence-corrected chi connectivity index (χ4v) is 1.97. The van der Waals surface area contributed by atoms with E-state index in [0.29, 0.717) is 6.61 Å². The largest absolute Gasteiger partial charge is 0.493 e. The van der Waals surface area contributed by atoms with Gasteiger partial charge in [-0.05, 0) is 18.1 Å². The number of hydrogen-bond acceptors (Lipinski definition) is 4. The number of carbonyl (C=O) groups is 1. The fourth-order valence-electron chi connectivity index (χ4n) is 1.97.